The standard InChI is InChI=1S/C21H27FN6O/c1-4-13-9-24-20(23)25-19(13)27-10-15-11-28(21(29)26(2)3)18(17(15)12-27)14-6-5-7-16(22)8-14/h5-9,15,17-18H,4,10-12H2,1-3H3,(H2,23,24,25)/t15-,17-,18+/m1/s1. The van der Waals surface area contributed by atoms with Gasteiger partial charge in [0.05, 0.1) is 6.04 Å². The lowest BCUT2D eigenvalue weighted by Crippen LogP contribution is -2.41. The van der Waals surface area contributed by atoms with Crippen molar-refractivity contribution in [3.05, 3.63) is 47.4 Å². The van der Waals surface area contributed by atoms with Gasteiger partial charge >= 0.3 is 6.03 Å². The third-order valence-electron chi connectivity index (χ3n) is 6.02. The van der Waals surface area contributed by atoms with Crippen LogP contribution < -0.4 is 10.6 Å². The van der Waals surface area contributed by atoms with E-state index < -0.39 is 0 Å². The second-order valence-electron chi connectivity index (χ2n) is 8.09. The number of nitrogens with zero attached hydrogens (tertiary/aromatic N) is 5. The van der Waals surface area contributed by atoms with E-state index in [9.17, 15) is 9.18 Å². The number of benzene rings is 1. The van der Waals surface area contributed by atoms with E-state index in [2.05, 4.69) is 21.8 Å². The Morgan fingerprint density at radius 2 is 2.10 bits per heavy atom. The van der Waals surface area contributed by atoms with Crippen LogP contribution in [0, 0.1) is 17.7 Å². The number of urea groups is 1. The summed E-state index contributed by atoms with van der Waals surface area (Å²) < 4.78 is 14.0. The van der Waals surface area contributed by atoms with Crippen molar-refractivity contribution in [3.8, 4) is 0 Å². The minimum Gasteiger partial charge on any atom is -0.368 e. The summed E-state index contributed by atoms with van der Waals surface area (Å²) in [6, 6.07) is 6.40. The first-order valence-electron chi connectivity index (χ1n) is 9.98. The molecular weight excluding hydrogens is 371 g/mol. The molecule has 4 rings (SSSR count). The lowest BCUT2D eigenvalue weighted by molar-refractivity contribution is 0.159. The van der Waals surface area contributed by atoms with Crippen LogP contribution in [0.5, 0.6) is 0 Å². The van der Waals surface area contributed by atoms with E-state index in [0.29, 0.717) is 6.54 Å². The maximum absolute atomic E-state index is 14.0. The SMILES string of the molecule is CCc1cnc(N)nc1N1C[C@@H]2CN(C(=O)N(C)C)[C@@H](c3cccc(F)c3)[C@@H]2C1. The number of likely N-dealkylation sites (tertiary alicyclic amines) is 1. The Bertz CT molecular complexity index is 920. The Kier molecular flexibility index (Phi) is 5.02. The van der Waals surface area contributed by atoms with Crippen molar-refractivity contribution in [2.24, 2.45) is 11.8 Å². The molecule has 0 unspecified atom stereocenters. The van der Waals surface area contributed by atoms with Crippen molar-refractivity contribution in [2.75, 3.05) is 44.4 Å². The summed E-state index contributed by atoms with van der Waals surface area (Å²) in [6.45, 7) is 4.24. The number of nitrogen functional groups attached to an aromatic ring is 1. The molecule has 3 atom stereocenters. The number of amides is 2. The van der Waals surface area contributed by atoms with Crippen LogP contribution in [-0.4, -0.2) is 59.5 Å². The fraction of sp³-hybridized carbons (Fsp3) is 0.476. The second kappa shape index (κ2) is 7.50. The zero-order valence-electron chi connectivity index (χ0n) is 17.0. The number of fused-ring (bicyclic) bond motifs is 1. The largest absolute Gasteiger partial charge is 0.368 e. The molecule has 0 radical (unpaired) electrons. The molecule has 0 spiro atoms. The molecule has 1 aromatic heterocycles. The topological polar surface area (TPSA) is 78.6 Å². The fourth-order valence-electron chi connectivity index (χ4n) is 4.72. The molecule has 1 aromatic carbocycles. The normalized spacial score (nSPS) is 23.4. The molecule has 2 fully saturated rings. The van der Waals surface area contributed by atoms with Gasteiger partial charge in [-0.15, -0.1) is 0 Å². The van der Waals surface area contributed by atoms with Gasteiger partial charge < -0.3 is 20.4 Å². The van der Waals surface area contributed by atoms with Gasteiger partial charge in [-0.05, 0) is 24.1 Å². The number of carbonyl (C=O) groups excluding carboxylic acids is 1. The van der Waals surface area contributed by atoms with Crippen molar-refractivity contribution in [3.63, 3.8) is 0 Å². The minimum atomic E-state index is -0.283. The average Bonchev–Trinajstić information content (AvgIpc) is 3.25. The molecule has 8 heteroatoms. The first kappa shape index (κ1) is 19.4. The van der Waals surface area contributed by atoms with Gasteiger partial charge in [0.25, 0.3) is 0 Å². The summed E-state index contributed by atoms with van der Waals surface area (Å²) in [4.78, 5) is 27.2. The molecule has 3 heterocycles. The molecule has 0 saturated carbocycles. The quantitative estimate of drug-likeness (QED) is 0.860. The van der Waals surface area contributed by atoms with E-state index >= 15 is 0 Å². The fourth-order valence-corrected chi connectivity index (χ4v) is 4.72. The number of aryl methyl sites for hydroxylation is 1. The summed E-state index contributed by atoms with van der Waals surface area (Å²) >= 11 is 0. The third-order valence-corrected chi connectivity index (χ3v) is 6.02. The van der Waals surface area contributed by atoms with E-state index in [4.69, 9.17) is 5.73 Å². The van der Waals surface area contributed by atoms with Crippen LogP contribution in [0.1, 0.15) is 24.1 Å². The van der Waals surface area contributed by atoms with Crippen LogP contribution in [0.3, 0.4) is 0 Å². The minimum absolute atomic E-state index is 0.0410. The Balaban J connectivity index is 1.67. The van der Waals surface area contributed by atoms with Crippen LogP contribution in [0.4, 0.5) is 21.0 Å². The number of aromatic nitrogens is 2. The van der Waals surface area contributed by atoms with Crippen LogP contribution in [0.15, 0.2) is 30.5 Å². The van der Waals surface area contributed by atoms with Gasteiger partial charge in [-0.25, -0.2) is 14.2 Å². The summed E-state index contributed by atoms with van der Waals surface area (Å²) in [7, 11) is 3.51. The first-order chi connectivity index (χ1) is 13.9. The van der Waals surface area contributed by atoms with Gasteiger partial charge in [-0.2, -0.15) is 4.98 Å². The van der Waals surface area contributed by atoms with Crippen LogP contribution >= 0.6 is 0 Å². The highest BCUT2D eigenvalue weighted by molar-refractivity contribution is 5.75. The Hall–Kier alpha value is -2.90. The van der Waals surface area contributed by atoms with Gasteiger partial charge in [-0.1, -0.05) is 19.1 Å². The van der Waals surface area contributed by atoms with Crippen LogP contribution in [0.25, 0.3) is 0 Å². The summed E-state index contributed by atoms with van der Waals surface area (Å²) in [5.41, 5.74) is 7.75. The molecule has 2 saturated heterocycles. The molecule has 0 aliphatic carbocycles. The number of rotatable bonds is 3. The van der Waals surface area contributed by atoms with Gasteiger partial charge in [0.2, 0.25) is 5.95 Å². The average molecular weight is 398 g/mol. The summed E-state index contributed by atoms with van der Waals surface area (Å²) in [5.74, 6) is 1.34. The molecule has 7 nitrogen and oxygen atoms in total. The monoisotopic (exact) mass is 398 g/mol. The molecular formula is C21H27FN6O. The Morgan fingerprint density at radius 1 is 1.31 bits per heavy atom. The first-order valence-corrected chi connectivity index (χ1v) is 9.98. The Morgan fingerprint density at radius 3 is 2.79 bits per heavy atom. The van der Waals surface area contributed by atoms with Gasteiger partial charge in [0, 0.05) is 57.3 Å². The lowest BCUT2D eigenvalue weighted by atomic mass is 9.89. The van der Waals surface area contributed by atoms with E-state index in [1.807, 2.05) is 11.0 Å². The zero-order chi connectivity index (χ0) is 20.7. The van der Waals surface area contributed by atoms with E-state index in [0.717, 1.165) is 36.5 Å². The molecule has 2 amide bonds. The predicted octanol–water partition coefficient (Wildman–Crippen LogP) is 2.55. The molecule has 2 aromatic rings. The number of anilines is 2. The summed E-state index contributed by atoms with van der Waals surface area (Å²) in [5, 5.41) is 0. The number of hydrogen-bond acceptors (Lipinski definition) is 5. The van der Waals surface area contributed by atoms with Crippen molar-refractivity contribution in [1.29, 1.82) is 0 Å². The van der Waals surface area contributed by atoms with Crippen molar-refractivity contribution in [2.45, 2.75) is 19.4 Å². The van der Waals surface area contributed by atoms with E-state index in [1.54, 1.807) is 37.3 Å². The predicted molar refractivity (Wildman–Crippen MR) is 110 cm³/mol. The highest BCUT2D eigenvalue weighted by Gasteiger charge is 2.50. The maximum atomic E-state index is 14.0. The van der Waals surface area contributed by atoms with Crippen LogP contribution in [-0.2, 0) is 6.42 Å². The number of hydrogen-bond donors (Lipinski definition) is 1. The van der Waals surface area contributed by atoms with Crippen LogP contribution in [0.2, 0.25) is 0 Å². The summed E-state index contributed by atoms with van der Waals surface area (Å²) in [6.07, 6.45) is 2.61. The zero-order valence-corrected chi connectivity index (χ0v) is 17.0. The van der Waals surface area contributed by atoms with E-state index in [-0.39, 0.29) is 35.7 Å². The smallest absolute Gasteiger partial charge is 0.320 e. The van der Waals surface area contributed by atoms with Crippen molar-refractivity contribution >= 4 is 17.8 Å². The molecule has 29 heavy (non-hydrogen) atoms. The number of nitrogens with two attached hydrogens (primary N) is 1. The number of carbonyl (C=O) groups is 1. The molecule has 2 aliphatic heterocycles. The molecule has 0 bridgehead atoms. The lowest BCUT2D eigenvalue weighted by Gasteiger charge is -2.32. The van der Waals surface area contributed by atoms with Gasteiger partial charge in [0.1, 0.15) is 11.6 Å². The van der Waals surface area contributed by atoms with Crippen molar-refractivity contribution in [1.82, 2.24) is 19.8 Å². The highest BCUT2D eigenvalue weighted by atomic mass is 19.1. The maximum Gasteiger partial charge on any atom is 0.320 e. The second-order valence-corrected chi connectivity index (χ2v) is 8.09. The van der Waals surface area contributed by atoms with Crippen molar-refractivity contribution < 1.29 is 9.18 Å². The van der Waals surface area contributed by atoms with E-state index in [1.165, 1.54) is 6.07 Å². The van der Waals surface area contributed by atoms with Gasteiger partial charge in [0.15, 0.2) is 0 Å². The third kappa shape index (κ3) is 3.47. The molecule has 2 aliphatic rings. The molecule has 154 valence electrons. The molecule has 2 N–H and O–H groups in total. The van der Waals surface area contributed by atoms with Gasteiger partial charge in [-0.3, -0.25) is 0 Å². The number of halogens is 1. The highest BCUT2D eigenvalue weighted by Crippen LogP contribution is 2.46. The Labute approximate surface area is 170 Å².